The minimum Gasteiger partial charge on any atom is -0.473 e. The summed E-state index contributed by atoms with van der Waals surface area (Å²) in [5, 5.41) is 0. The summed E-state index contributed by atoms with van der Waals surface area (Å²) in [4.78, 5) is 10.6. The number of ether oxygens (including phenoxy) is 1. The molecule has 0 radical (unpaired) electrons. The molecule has 0 aromatic carbocycles. The topological polar surface area (TPSA) is 38.2 Å². The lowest BCUT2D eigenvalue weighted by molar-refractivity contribution is 0.109. The molecule has 0 bridgehead atoms. The van der Waals surface area contributed by atoms with Crippen LogP contribution in [0, 0.1) is 0 Å². The number of piperidine rings is 1. The van der Waals surface area contributed by atoms with Gasteiger partial charge in [-0.25, -0.2) is 4.98 Å². The second kappa shape index (κ2) is 5.46. The summed E-state index contributed by atoms with van der Waals surface area (Å²) in [5.41, 5.74) is 0.757. The molecule has 0 N–H and O–H groups in total. The summed E-state index contributed by atoms with van der Waals surface area (Å²) in [6.45, 7) is 2.15. The van der Waals surface area contributed by atoms with Crippen LogP contribution in [0.5, 0.6) is 5.88 Å². The van der Waals surface area contributed by atoms with Gasteiger partial charge in [-0.05, 0) is 19.9 Å². The Kier molecular flexibility index (Phi) is 3.96. The van der Waals surface area contributed by atoms with Crippen LogP contribution in [0.1, 0.15) is 18.5 Å². The van der Waals surface area contributed by atoms with Crippen LogP contribution < -0.4 is 4.74 Å². The molecule has 0 unspecified atom stereocenters. The lowest BCUT2D eigenvalue weighted by Crippen LogP contribution is -2.35. The molecule has 0 spiro atoms. The van der Waals surface area contributed by atoms with Crippen LogP contribution in [0.3, 0.4) is 0 Å². The number of rotatable bonds is 3. The van der Waals surface area contributed by atoms with Crippen molar-refractivity contribution >= 4 is 11.6 Å². The molecule has 1 aliphatic heterocycles. The molecule has 0 aliphatic carbocycles. The minimum atomic E-state index is 0.260. The first kappa shape index (κ1) is 11.6. The van der Waals surface area contributed by atoms with Crippen molar-refractivity contribution in [3.63, 3.8) is 0 Å². The van der Waals surface area contributed by atoms with Crippen molar-refractivity contribution in [3.05, 3.63) is 18.1 Å². The van der Waals surface area contributed by atoms with E-state index in [2.05, 4.69) is 21.9 Å². The first-order valence-corrected chi connectivity index (χ1v) is 6.03. The van der Waals surface area contributed by atoms with Gasteiger partial charge in [0.15, 0.2) is 0 Å². The third-order valence-corrected chi connectivity index (χ3v) is 3.03. The van der Waals surface area contributed by atoms with Crippen molar-refractivity contribution in [2.24, 2.45) is 0 Å². The van der Waals surface area contributed by atoms with E-state index in [1.54, 1.807) is 12.4 Å². The predicted molar refractivity (Wildman–Crippen MR) is 62.7 cm³/mol. The van der Waals surface area contributed by atoms with Crippen molar-refractivity contribution in [2.75, 3.05) is 20.1 Å². The molecule has 1 aromatic heterocycles. The van der Waals surface area contributed by atoms with E-state index < -0.39 is 0 Å². The Morgan fingerprint density at radius 2 is 2.19 bits per heavy atom. The Hall–Kier alpha value is -0.870. The fraction of sp³-hybridized carbons (Fsp3) is 0.636. The predicted octanol–water partition coefficient (Wildman–Crippen LogP) is 1.69. The highest BCUT2D eigenvalue weighted by molar-refractivity contribution is 6.16. The van der Waals surface area contributed by atoms with Crippen LogP contribution in [-0.2, 0) is 5.88 Å². The fourth-order valence-corrected chi connectivity index (χ4v) is 1.91. The first-order chi connectivity index (χ1) is 7.78. The molecule has 1 aliphatic rings. The monoisotopic (exact) mass is 241 g/mol. The van der Waals surface area contributed by atoms with E-state index >= 15 is 0 Å². The summed E-state index contributed by atoms with van der Waals surface area (Å²) in [7, 11) is 2.13. The highest BCUT2D eigenvalue weighted by Gasteiger charge is 2.18. The number of halogens is 1. The molecular formula is C11H16ClN3O. The van der Waals surface area contributed by atoms with Crippen molar-refractivity contribution < 1.29 is 4.74 Å². The fourth-order valence-electron chi connectivity index (χ4n) is 1.78. The van der Waals surface area contributed by atoms with Crippen LogP contribution in [0.15, 0.2) is 12.4 Å². The Bertz CT molecular complexity index is 340. The van der Waals surface area contributed by atoms with Crippen molar-refractivity contribution in [2.45, 2.75) is 24.8 Å². The largest absolute Gasteiger partial charge is 0.473 e. The zero-order valence-electron chi connectivity index (χ0n) is 9.40. The molecule has 4 nitrogen and oxygen atoms in total. The maximum atomic E-state index is 5.79. The number of nitrogens with zero attached hydrogens (tertiary/aromatic N) is 3. The highest BCUT2D eigenvalue weighted by Crippen LogP contribution is 2.16. The van der Waals surface area contributed by atoms with Gasteiger partial charge in [0.1, 0.15) is 6.10 Å². The van der Waals surface area contributed by atoms with Gasteiger partial charge in [0, 0.05) is 19.3 Å². The maximum absolute atomic E-state index is 5.79. The minimum absolute atomic E-state index is 0.260. The molecule has 16 heavy (non-hydrogen) atoms. The van der Waals surface area contributed by atoms with E-state index in [0.29, 0.717) is 11.8 Å². The van der Waals surface area contributed by atoms with E-state index in [0.717, 1.165) is 31.6 Å². The van der Waals surface area contributed by atoms with Gasteiger partial charge in [-0.1, -0.05) is 0 Å². The van der Waals surface area contributed by atoms with Crippen molar-refractivity contribution in [1.29, 1.82) is 0 Å². The Labute approximate surface area is 101 Å². The molecule has 5 heteroatoms. The summed E-state index contributed by atoms with van der Waals surface area (Å²) >= 11 is 5.70. The molecule has 0 amide bonds. The average molecular weight is 242 g/mol. The van der Waals surface area contributed by atoms with Gasteiger partial charge < -0.3 is 9.64 Å². The van der Waals surface area contributed by atoms with Crippen molar-refractivity contribution in [3.8, 4) is 5.88 Å². The van der Waals surface area contributed by atoms with E-state index in [1.807, 2.05) is 0 Å². The zero-order valence-corrected chi connectivity index (χ0v) is 10.2. The van der Waals surface area contributed by atoms with Crippen LogP contribution in [0.25, 0.3) is 0 Å². The Morgan fingerprint density at radius 1 is 1.44 bits per heavy atom. The number of likely N-dealkylation sites (tertiary alicyclic amines) is 1. The van der Waals surface area contributed by atoms with E-state index in [9.17, 15) is 0 Å². The molecule has 88 valence electrons. The zero-order chi connectivity index (χ0) is 11.4. The second-order valence-corrected chi connectivity index (χ2v) is 4.37. The summed E-state index contributed by atoms with van der Waals surface area (Å²) in [6, 6.07) is 0. The lowest BCUT2D eigenvalue weighted by atomic mass is 10.1. The lowest BCUT2D eigenvalue weighted by Gasteiger charge is -2.28. The summed E-state index contributed by atoms with van der Waals surface area (Å²) in [5.74, 6) is 0.963. The smallest absolute Gasteiger partial charge is 0.232 e. The molecule has 1 aromatic rings. The summed E-state index contributed by atoms with van der Waals surface area (Å²) < 4.78 is 5.79. The average Bonchev–Trinajstić information content (AvgIpc) is 2.32. The number of hydrogen-bond donors (Lipinski definition) is 0. The van der Waals surface area contributed by atoms with Crippen molar-refractivity contribution in [1.82, 2.24) is 14.9 Å². The quantitative estimate of drug-likeness (QED) is 0.755. The number of alkyl halides is 1. The maximum Gasteiger partial charge on any atom is 0.232 e. The third-order valence-electron chi connectivity index (χ3n) is 2.75. The Balaban J connectivity index is 1.93. The molecule has 2 rings (SSSR count). The van der Waals surface area contributed by atoms with Gasteiger partial charge in [-0.3, -0.25) is 4.98 Å². The normalized spacial score (nSPS) is 18.6. The SMILES string of the molecule is CN1CCC(Oc2cncc(CCl)n2)CC1. The van der Waals surface area contributed by atoms with Gasteiger partial charge >= 0.3 is 0 Å². The van der Waals surface area contributed by atoms with Crippen LogP contribution in [-0.4, -0.2) is 41.1 Å². The highest BCUT2D eigenvalue weighted by atomic mass is 35.5. The van der Waals surface area contributed by atoms with E-state index in [-0.39, 0.29) is 6.10 Å². The number of hydrogen-bond acceptors (Lipinski definition) is 4. The summed E-state index contributed by atoms with van der Waals surface area (Å²) in [6.07, 6.45) is 5.66. The third kappa shape index (κ3) is 3.06. The molecule has 1 fully saturated rings. The second-order valence-electron chi connectivity index (χ2n) is 4.10. The molecule has 0 atom stereocenters. The number of aromatic nitrogens is 2. The van der Waals surface area contributed by atoms with Gasteiger partial charge in [-0.15, -0.1) is 11.6 Å². The van der Waals surface area contributed by atoms with Gasteiger partial charge in [0.2, 0.25) is 5.88 Å². The Morgan fingerprint density at radius 3 is 2.88 bits per heavy atom. The standard InChI is InChI=1S/C11H16ClN3O/c1-15-4-2-10(3-5-15)16-11-8-13-7-9(6-12)14-11/h7-8,10H,2-6H2,1H3. The first-order valence-electron chi connectivity index (χ1n) is 5.50. The van der Waals surface area contributed by atoms with Crippen LogP contribution in [0.2, 0.25) is 0 Å². The molecule has 0 saturated carbocycles. The van der Waals surface area contributed by atoms with Gasteiger partial charge in [0.25, 0.3) is 0 Å². The van der Waals surface area contributed by atoms with E-state index in [4.69, 9.17) is 16.3 Å². The van der Waals surface area contributed by atoms with Crippen LogP contribution in [0.4, 0.5) is 0 Å². The molecule has 2 heterocycles. The van der Waals surface area contributed by atoms with E-state index in [1.165, 1.54) is 0 Å². The van der Waals surface area contributed by atoms with Gasteiger partial charge in [-0.2, -0.15) is 0 Å². The molecule has 1 saturated heterocycles. The van der Waals surface area contributed by atoms with Gasteiger partial charge in [0.05, 0.1) is 17.8 Å². The molecular weight excluding hydrogens is 226 g/mol. The van der Waals surface area contributed by atoms with Crippen LogP contribution >= 0.6 is 11.6 Å².